The molecular weight excluding hydrogens is 190 g/mol. The van der Waals surface area contributed by atoms with Gasteiger partial charge < -0.3 is 5.32 Å². The Bertz CT molecular complexity index is 321. The van der Waals surface area contributed by atoms with E-state index >= 15 is 0 Å². The number of hydrogen-bond donors (Lipinski definition) is 1. The van der Waals surface area contributed by atoms with Crippen molar-refractivity contribution in [3.05, 3.63) is 18.5 Å². The Morgan fingerprint density at radius 2 is 2.47 bits per heavy atom. The molecule has 1 N–H and O–H groups in total. The molecule has 1 amide bonds. The highest BCUT2D eigenvalue weighted by molar-refractivity contribution is 5.75. The summed E-state index contributed by atoms with van der Waals surface area (Å²) in [5.41, 5.74) is 0. The Morgan fingerprint density at radius 1 is 1.60 bits per heavy atom. The smallest absolute Gasteiger partial charge is 0.241 e. The van der Waals surface area contributed by atoms with Crippen LogP contribution in [0.1, 0.15) is 26.2 Å². The van der Waals surface area contributed by atoms with Crippen LogP contribution in [0.4, 0.5) is 0 Å². The van der Waals surface area contributed by atoms with Crippen LogP contribution in [0.2, 0.25) is 0 Å². The molecule has 15 heavy (non-hydrogen) atoms. The zero-order valence-electron chi connectivity index (χ0n) is 9.02. The molecule has 2 rings (SSSR count). The molecule has 2 atom stereocenters. The van der Waals surface area contributed by atoms with E-state index in [0.717, 1.165) is 18.8 Å². The van der Waals surface area contributed by atoms with E-state index in [0.29, 0.717) is 12.6 Å². The van der Waals surface area contributed by atoms with Gasteiger partial charge in [0.1, 0.15) is 6.54 Å². The average molecular weight is 207 g/mol. The largest absolute Gasteiger partial charge is 0.352 e. The van der Waals surface area contributed by atoms with Crippen LogP contribution in [-0.2, 0) is 11.3 Å². The minimum atomic E-state index is 0.0674. The second kappa shape index (κ2) is 4.47. The highest BCUT2D eigenvalue weighted by Gasteiger charge is 2.22. The van der Waals surface area contributed by atoms with Crippen molar-refractivity contribution in [3.8, 4) is 0 Å². The van der Waals surface area contributed by atoms with E-state index in [4.69, 9.17) is 0 Å². The maximum absolute atomic E-state index is 11.6. The summed E-state index contributed by atoms with van der Waals surface area (Å²) in [5, 5.41) is 7.05. The van der Waals surface area contributed by atoms with Crippen LogP contribution in [0, 0.1) is 5.92 Å². The number of nitrogens with one attached hydrogen (secondary N) is 1. The fourth-order valence-electron chi connectivity index (χ4n) is 2.15. The highest BCUT2D eigenvalue weighted by atomic mass is 16.2. The molecule has 1 fully saturated rings. The third-order valence-electron chi connectivity index (χ3n) is 2.92. The first-order chi connectivity index (χ1) is 7.24. The van der Waals surface area contributed by atoms with Crippen LogP contribution < -0.4 is 5.32 Å². The fraction of sp³-hybridized carbons (Fsp3) is 0.636. The Balaban J connectivity index is 1.78. The molecule has 4 heteroatoms. The molecule has 0 spiro atoms. The fourth-order valence-corrected chi connectivity index (χ4v) is 2.15. The van der Waals surface area contributed by atoms with Crippen molar-refractivity contribution in [1.29, 1.82) is 0 Å². The zero-order valence-corrected chi connectivity index (χ0v) is 9.02. The lowest BCUT2D eigenvalue weighted by Crippen LogP contribution is -2.35. The normalized spacial score (nSPS) is 25.4. The molecule has 1 aliphatic carbocycles. The van der Waals surface area contributed by atoms with Crippen LogP contribution in [0.3, 0.4) is 0 Å². The molecule has 4 nitrogen and oxygen atoms in total. The third-order valence-corrected chi connectivity index (χ3v) is 2.92. The number of nitrogens with zero attached hydrogens (tertiary/aromatic N) is 2. The van der Waals surface area contributed by atoms with E-state index < -0.39 is 0 Å². The number of rotatable bonds is 3. The Labute approximate surface area is 89.7 Å². The molecule has 0 aliphatic heterocycles. The van der Waals surface area contributed by atoms with Gasteiger partial charge in [-0.25, -0.2) is 0 Å². The molecule has 0 aromatic carbocycles. The van der Waals surface area contributed by atoms with Gasteiger partial charge in [0.25, 0.3) is 0 Å². The Kier molecular flexibility index (Phi) is 3.04. The third kappa shape index (κ3) is 2.81. The number of aromatic nitrogens is 2. The molecule has 82 valence electrons. The van der Waals surface area contributed by atoms with Gasteiger partial charge in [0.15, 0.2) is 0 Å². The summed E-state index contributed by atoms with van der Waals surface area (Å²) in [6, 6.07) is 2.20. The van der Waals surface area contributed by atoms with Crippen molar-refractivity contribution in [3.63, 3.8) is 0 Å². The van der Waals surface area contributed by atoms with E-state index in [1.54, 1.807) is 17.1 Å². The van der Waals surface area contributed by atoms with Gasteiger partial charge in [-0.15, -0.1) is 0 Å². The van der Waals surface area contributed by atoms with Crippen molar-refractivity contribution in [2.24, 2.45) is 5.92 Å². The molecule has 1 aromatic rings. The van der Waals surface area contributed by atoms with Gasteiger partial charge in [-0.05, 0) is 31.2 Å². The van der Waals surface area contributed by atoms with Crippen LogP contribution in [-0.4, -0.2) is 21.7 Å². The quantitative estimate of drug-likeness (QED) is 0.809. The maximum atomic E-state index is 11.6. The SMILES string of the molecule is CC1CCC(NC(=O)Cn2cccn2)C1. The zero-order chi connectivity index (χ0) is 10.7. The van der Waals surface area contributed by atoms with Gasteiger partial charge >= 0.3 is 0 Å². The van der Waals surface area contributed by atoms with Gasteiger partial charge in [-0.3, -0.25) is 9.48 Å². The second-order valence-electron chi connectivity index (χ2n) is 4.39. The van der Waals surface area contributed by atoms with Gasteiger partial charge in [0, 0.05) is 18.4 Å². The topological polar surface area (TPSA) is 46.9 Å². The van der Waals surface area contributed by atoms with Crippen molar-refractivity contribution in [2.75, 3.05) is 0 Å². The molecule has 0 radical (unpaired) electrons. The molecule has 1 heterocycles. The molecule has 1 saturated carbocycles. The second-order valence-corrected chi connectivity index (χ2v) is 4.39. The molecule has 1 aliphatic rings. The van der Waals surface area contributed by atoms with Gasteiger partial charge in [-0.1, -0.05) is 6.92 Å². The lowest BCUT2D eigenvalue weighted by atomic mass is 10.1. The first-order valence-corrected chi connectivity index (χ1v) is 5.51. The maximum Gasteiger partial charge on any atom is 0.241 e. The summed E-state index contributed by atoms with van der Waals surface area (Å²) in [7, 11) is 0. The van der Waals surface area contributed by atoms with Crippen LogP contribution in [0.25, 0.3) is 0 Å². The van der Waals surface area contributed by atoms with Crippen molar-refractivity contribution in [2.45, 2.75) is 38.8 Å². The first kappa shape index (κ1) is 10.2. The number of carbonyl (C=O) groups is 1. The van der Waals surface area contributed by atoms with E-state index in [2.05, 4.69) is 17.3 Å². The molecule has 0 bridgehead atoms. The van der Waals surface area contributed by atoms with Gasteiger partial charge in [0.05, 0.1) is 0 Å². The summed E-state index contributed by atoms with van der Waals surface area (Å²) < 4.78 is 1.65. The monoisotopic (exact) mass is 207 g/mol. The minimum absolute atomic E-state index is 0.0674. The minimum Gasteiger partial charge on any atom is -0.352 e. The summed E-state index contributed by atoms with van der Waals surface area (Å²) in [4.78, 5) is 11.6. The van der Waals surface area contributed by atoms with Crippen molar-refractivity contribution >= 4 is 5.91 Å². The highest BCUT2D eigenvalue weighted by Crippen LogP contribution is 2.24. The molecule has 1 aromatic heterocycles. The standard InChI is InChI=1S/C11H17N3O/c1-9-3-4-10(7-9)13-11(15)8-14-6-2-5-12-14/h2,5-6,9-10H,3-4,7-8H2,1H3,(H,13,15). The van der Waals surface area contributed by atoms with Crippen LogP contribution in [0.5, 0.6) is 0 Å². The predicted octanol–water partition coefficient (Wildman–Crippen LogP) is 1.19. The summed E-state index contributed by atoms with van der Waals surface area (Å²) in [5.74, 6) is 0.817. The molecular formula is C11H17N3O. The first-order valence-electron chi connectivity index (χ1n) is 5.51. The number of amides is 1. The summed E-state index contributed by atoms with van der Waals surface area (Å²) in [6.07, 6.45) is 6.95. The van der Waals surface area contributed by atoms with Crippen LogP contribution in [0.15, 0.2) is 18.5 Å². The van der Waals surface area contributed by atoms with Gasteiger partial charge in [0.2, 0.25) is 5.91 Å². The van der Waals surface area contributed by atoms with Crippen molar-refractivity contribution < 1.29 is 4.79 Å². The predicted molar refractivity (Wildman–Crippen MR) is 57.2 cm³/mol. The summed E-state index contributed by atoms with van der Waals surface area (Å²) >= 11 is 0. The van der Waals surface area contributed by atoms with E-state index in [9.17, 15) is 4.79 Å². The van der Waals surface area contributed by atoms with E-state index in [-0.39, 0.29) is 5.91 Å². The van der Waals surface area contributed by atoms with E-state index in [1.807, 2.05) is 6.07 Å². The Hall–Kier alpha value is -1.32. The number of carbonyl (C=O) groups excluding carboxylic acids is 1. The van der Waals surface area contributed by atoms with Crippen LogP contribution >= 0.6 is 0 Å². The van der Waals surface area contributed by atoms with E-state index in [1.165, 1.54) is 6.42 Å². The molecule has 0 saturated heterocycles. The number of hydrogen-bond acceptors (Lipinski definition) is 2. The lowest BCUT2D eigenvalue weighted by Gasteiger charge is -2.12. The lowest BCUT2D eigenvalue weighted by molar-refractivity contribution is -0.122. The Morgan fingerprint density at radius 3 is 3.07 bits per heavy atom. The summed E-state index contributed by atoms with van der Waals surface area (Å²) in [6.45, 7) is 2.57. The molecule has 2 unspecified atom stereocenters. The average Bonchev–Trinajstić information content (AvgIpc) is 2.77. The van der Waals surface area contributed by atoms with Gasteiger partial charge in [-0.2, -0.15) is 5.10 Å². The van der Waals surface area contributed by atoms with Crippen molar-refractivity contribution in [1.82, 2.24) is 15.1 Å².